The maximum Gasteiger partial charge on any atom is 0.308 e. The second-order valence-electron chi connectivity index (χ2n) is 4.74. The monoisotopic (exact) mass is 265 g/mol. The van der Waals surface area contributed by atoms with E-state index >= 15 is 0 Å². The molecule has 1 saturated carbocycles. The van der Waals surface area contributed by atoms with Gasteiger partial charge in [-0.15, -0.1) is 0 Å². The van der Waals surface area contributed by atoms with Crippen molar-refractivity contribution in [3.05, 3.63) is 27.9 Å². The molecule has 0 saturated heterocycles. The molecular weight excluding hydrogens is 250 g/mol. The fourth-order valence-electron chi connectivity index (χ4n) is 2.44. The molecular formula is C12H15N3O4. The molecule has 7 heteroatoms. The zero-order chi connectivity index (χ0) is 14.0. The molecule has 0 bridgehead atoms. The second kappa shape index (κ2) is 5.21. The van der Waals surface area contributed by atoms with Crippen LogP contribution in [0.1, 0.15) is 24.8 Å². The Morgan fingerprint density at radius 2 is 2.32 bits per heavy atom. The van der Waals surface area contributed by atoms with Crippen molar-refractivity contribution in [2.24, 2.45) is 5.92 Å². The minimum Gasteiger partial charge on any atom is -0.481 e. The lowest BCUT2D eigenvalue weighted by atomic mass is 10.0. The van der Waals surface area contributed by atoms with Crippen LogP contribution in [0.25, 0.3) is 0 Å². The van der Waals surface area contributed by atoms with Crippen molar-refractivity contribution in [3.8, 4) is 0 Å². The molecule has 7 nitrogen and oxygen atoms in total. The number of hydrogen-bond acceptors (Lipinski definition) is 5. The summed E-state index contributed by atoms with van der Waals surface area (Å²) in [6.45, 7) is 1.63. The minimum absolute atomic E-state index is 0.0354. The van der Waals surface area contributed by atoms with Crippen LogP contribution in [0.5, 0.6) is 0 Å². The number of nitrogens with one attached hydrogen (secondary N) is 1. The van der Waals surface area contributed by atoms with Crippen LogP contribution in [0.15, 0.2) is 12.3 Å². The van der Waals surface area contributed by atoms with Crippen molar-refractivity contribution < 1.29 is 14.8 Å². The highest BCUT2D eigenvalue weighted by Crippen LogP contribution is 2.29. The molecule has 0 aliphatic heterocycles. The lowest BCUT2D eigenvalue weighted by molar-refractivity contribution is -0.385. The van der Waals surface area contributed by atoms with Gasteiger partial charge in [-0.2, -0.15) is 0 Å². The quantitative estimate of drug-likeness (QED) is 0.636. The van der Waals surface area contributed by atoms with E-state index in [0.29, 0.717) is 17.8 Å². The lowest BCUT2D eigenvalue weighted by Gasteiger charge is -2.18. The van der Waals surface area contributed by atoms with Crippen LogP contribution in [0, 0.1) is 23.0 Å². The van der Waals surface area contributed by atoms with Gasteiger partial charge in [0.15, 0.2) is 0 Å². The summed E-state index contributed by atoms with van der Waals surface area (Å²) in [5, 5.41) is 22.8. The molecule has 1 aromatic heterocycles. The van der Waals surface area contributed by atoms with Crippen LogP contribution in [0.3, 0.4) is 0 Å². The average Bonchev–Trinajstić information content (AvgIpc) is 2.76. The van der Waals surface area contributed by atoms with Gasteiger partial charge in [-0.3, -0.25) is 14.9 Å². The molecule has 1 aliphatic rings. The number of nitro groups is 1. The van der Waals surface area contributed by atoms with Gasteiger partial charge >= 0.3 is 5.97 Å². The summed E-state index contributed by atoms with van der Waals surface area (Å²) in [4.78, 5) is 25.2. The van der Waals surface area contributed by atoms with Gasteiger partial charge in [0.05, 0.1) is 10.8 Å². The Hall–Kier alpha value is -2.18. The second-order valence-corrected chi connectivity index (χ2v) is 4.74. The summed E-state index contributed by atoms with van der Waals surface area (Å²) in [6, 6.07) is 1.42. The van der Waals surface area contributed by atoms with Crippen molar-refractivity contribution in [1.29, 1.82) is 0 Å². The van der Waals surface area contributed by atoms with Crippen molar-refractivity contribution in [1.82, 2.24) is 4.98 Å². The predicted molar refractivity (Wildman–Crippen MR) is 68.0 cm³/mol. The topological polar surface area (TPSA) is 105 Å². The standard InChI is InChI=1S/C12H15N3O4/c1-7-5-11(13-6-10(7)15(18)19)14-9-4-2-3-8(9)12(16)17/h5-6,8-9H,2-4H2,1H3,(H,13,14)(H,16,17). The summed E-state index contributed by atoms with van der Waals surface area (Å²) in [5.74, 6) is -0.743. The van der Waals surface area contributed by atoms with Crippen LogP contribution in [0.2, 0.25) is 0 Å². The van der Waals surface area contributed by atoms with E-state index in [-0.39, 0.29) is 11.7 Å². The van der Waals surface area contributed by atoms with Gasteiger partial charge < -0.3 is 10.4 Å². The molecule has 1 aliphatic carbocycles. The summed E-state index contributed by atoms with van der Waals surface area (Å²) in [5.41, 5.74) is 0.471. The van der Waals surface area contributed by atoms with E-state index in [1.165, 1.54) is 6.20 Å². The van der Waals surface area contributed by atoms with Gasteiger partial charge in [0.1, 0.15) is 12.0 Å². The molecule has 102 valence electrons. The Balaban J connectivity index is 2.13. The van der Waals surface area contributed by atoms with Gasteiger partial charge in [0, 0.05) is 11.6 Å². The maximum absolute atomic E-state index is 11.1. The molecule has 0 spiro atoms. The van der Waals surface area contributed by atoms with Crippen LogP contribution < -0.4 is 5.32 Å². The van der Waals surface area contributed by atoms with E-state index in [2.05, 4.69) is 10.3 Å². The zero-order valence-electron chi connectivity index (χ0n) is 10.5. The van der Waals surface area contributed by atoms with Gasteiger partial charge in [-0.1, -0.05) is 6.42 Å². The highest BCUT2D eigenvalue weighted by Gasteiger charge is 2.33. The van der Waals surface area contributed by atoms with E-state index in [4.69, 9.17) is 5.11 Å². The summed E-state index contributed by atoms with van der Waals surface area (Å²) < 4.78 is 0. The first kappa shape index (κ1) is 13.3. The maximum atomic E-state index is 11.1. The van der Waals surface area contributed by atoms with Crippen LogP contribution in [-0.4, -0.2) is 27.0 Å². The van der Waals surface area contributed by atoms with E-state index in [0.717, 1.165) is 12.8 Å². The largest absolute Gasteiger partial charge is 0.481 e. The van der Waals surface area contributed by atoms with Crippen LogP contribution in [0.4, 0.5) is 11.5 Å². The summed E-state index contributed by atoms with van der Waals surface area (Å²) in [7, 11) is 0. The Morgan fingerprint density at radius 3 is 2.89 bits per heavy atom. The van der Waals surface area contributed by atoms with Gasteiger partial charge in [-0.05, 0) is 25.8 Å². The van der Waals surface area contributed by atoms with Crippen molar-refractivity contribution in [3.63, 3.8) is 0 Å². The van der Waals surface area contributed by atoms with E-state index in [9.17, 15) is 14.9 Å². The molecule has 0 aromatic carbocycles. The Kier molecular flexibility index (Phi) is 3.64. The highest BCUT2D eigenvalue weighted by atomic mass is 16.6. The third-order valence-electron chi connectivity index (χ3n) is 3.45. The molecule has 1 heterocycles. The Morgan fingerprint density at radius 1 is 1.58 bits per heavy atom. The number of carbonyl (C=O) groups is 1. The number of aromatic nitrogens is 1. The number of aryl methyl sites for hydroxylation is 1. The number of carboxylic acids is 1. The Bertz CT molecular complexity index is 518. The molecule has 1 aromatic rings. The van der Waals surface area contributed by atoms with Crippen LogP contribution >= 0.6 is 0 Å². The number of aliphatic carboxylic acids is 1. The highest BCUT2D eigenvalue weighted by molar-refractivity contribution is 5.72. The number of hydrogen-bond donors (Lipinski definition) is 2. The smallest absolute Gasteiger partial charge is 0.308 e. The Labute approximate surface area is 109 Å². The number of nitrogens with zero attached hydrogens (tertiary/aromatic N) is 2. The first-order chi connectivity index (χ1) is 8.99. The third kappa shape index (κ3) is 2.81. The average molecular weight is 265 g/mol. The zero-order valence-corrected chi connectivity index (χ0v) is 10.5. The molecule has 2 rings (SSSR count). The molecule has 2 atom stereocenters. The number of anilines is 1. The van der Waals surface area contributed by atoms with Gasteiger partial charge in [0.25, 0.3) is 5.69 Å². The molecule has 0 radical (unpaired) electrons. The predicted octanol–water partition coefficient (Wildman–Crippen LogP) is 1.96. The van der Waals surface area contributed by atoms with Crippen molar-refractivity contribution in [2.75, 3.05) is 5.32 Å². The summed E-state index contributed by atoms with van der Waals surface area (Å²) >= 11 is 0. The van der Waals surface area contributed by atoms with E-state index in [1.807, 2.05) is 0 Å². The normalized spacial score (nSPS) is 22.2. The molecule has 1 fully saturated rings. The number of rotatable bonds is 4. The summed E-state index contributed by atoms with van der Waals surface area (Å²) in [6.07, 6.45) is 3.48. The minimum atomic E-state index is -0.811. The lowest BCUT2D eigenvalue weighted by Crippen LogP contribution is -2.30. The number of carboxylic acid groups (broad SMARTS) is 1. The molecule has 2 N–H and O–H groups in total. The first-order valence-corrected chi connectivity index (χ1v) is 6.09. The van der Waals surface area contributed by atoms with Gasteiger partial charge in [-0.25, -0.2) is 4.98 Å². The van der Waals surface area contributed by atoms with Gasteiger partial charge in [0.2, 0.25) is 0 Å². The fraction of sp³-hybridized carbons (Fsp3) is 0.500. The molecule has 2 unspecified atom stereocenters. The van der Waals surface area contributed by atoms with E-state index < -0.39 is 16.8 Å². The SMILES string of the molecule is Cc1cc(NC2CCCC2C(=O)O)ncc1[N+](=O)[O-]. The molecule has 0 amide bonds. The number of pyridine rings is 1. The van der Waals surface area contributed by atoms with E-state index in [1.54, 1.807) is 13.0 Å². The first-order valence-electron chi connectivity index (χ1n) is 6.09. The van der Waals surface area contributed by atoms with Crippen molar-refractivity contribution in [2.45, 2.75) is 32.2 Å². The van der Waals surface area contributed by atoms with Crippen molar-refractivity contribution >= 4 is 17.5 Å². The fourth-order valence-corrected chi connectivity index (χ4v) is 2.44. The van der Waals surface area contributed by atoms with Crippen LogP contribution in [-0.2, 0) is 4.79 Å². The molecule has 19 heavy (non-hydrogen) atoms. The third-order valence-corrected chi connectivity index (χ3v) is 3.45.